The molecule has 0 spiro atoms. The molecule has 1 aliphatic carbocycles. The van der Waals surface area contributed by atoms with Gasteiger partial charge in [0.1, 0.15) is 0 Å². The van der Waals surface area contributed by atoms with Gasteiger partial charge < -0.3 is 21.7 Å². The third-order valence-electron chi connectivity index (χ3n) is 3.91. The van der Waals surface area contributed by atoms with E-state index in [1.165, 1.54) is 0 Å². The van der Waals surface area contributed by atoms with Gasteiger partial charge in [0.25, 0.3) is 0 Å². The molecule has 24 heavy (non-hydrogen) atoms. The largest absolute Gasteiger partial charge is 0.348 e. The summed E-state index contributed by atoms with van der Waals surface area (Å²) >= 11 is 1.68. The molecule has 1 aliphatic rings. The van der Waals surface area contributed by atoms with E-state index in [-0.39, 0.29) is 18.0 Å². The molecule has 0 radical (unpaired) electrons. The summed E-state index contributed by atoms with van der Waals surface area (Å²) in [7, 11) is 0. The van der Waals surface area contributed by atoms with Gasteiger partial charge in [0.15, 0.2) is 0 Å². The second kappa shape index (κ2) is 8.94. The van der Waals surface area contributed by atoms with E-state index in [4.69, 9.17) is 5.73 Å². The Morgan fingerprint density at radius 2 is 1.96 bits per heavy atom. The normalized spacial score (nSPS) is 16.1. The number of anilines is 1. The van der Waals surface area contributed by atoms with Crippen LogP contribution < -0.4 is 21.7 Å². The van der Waals surface area contributed by atoms with Crippen molar-refractivity contribution in [3.8, 4) is 0 Å². The van der Waals surface area contributed by atoms with Crippen molar-refractivity contribution in [2.24, 2.45) is 5.73 Å². The zero-order valence-electron chi connectivity index (χ0n) is 14.2. The molecule has 0 bridgehead atoms. The van der Waals surface area contributed by atoms with Crippen LogP contribution >= 0.6 is 11.8 Å². The van der Waals surface area contributed by atoms with Crippen molar-refractivity contribution in [2.45, 2.75) is 44.3 Å². The predicted octanol–water partition coefficient (Wildman–Crippen LogP) is 2.23. The maximum atomic E-state index is 12.0. The number of benzene rings is 1. The highest BCUT2D eigenvalue weighted by atomic mass is 32.2. The van der Waals surface area contributed by atoms with Gasteiger partial charge >= 0.3 is 6.03 Å². The number of carbonyl (C=O) groups is 2. The van der Waals surface area contributed by atoms with Crippen LogP contribution in [0.2, 0.25) is 0 Å². The van der Waals surface area contributed by atoms with Crippen molar-refractivity contribution in [3.05, 3.63) is 29.8 Å². The van der Waals surface area contributed by atoms with Crippen LogP contribution in [0.4, 0.5) is 10.5 Å². The first-order valence-corrected chi connectivity index (χ1v) is 9.61. The number of thioether (sulfide) groups is 1. The molecular weight excluding hydrogens is 324 g/mol. The Kier molecular flexibility index (Phi) is 6.93. The molecule has 6 nitrogen and oxygen atoms in total. The molecule has 1 aromatic carbocycles. The third kappa shape index (κ3) is 6.05. The van der Waals surface area contributed by atoms with Crippen molar-refractivity contribution in [2.75, 3.05) is 17.3 Å². The van der Waals surface area contributed by atoms with Crippen LogP contribution in [0.15, 0.2) is 24.3 Å². The average molecular weight is 350 g/mol. The van der Waals surface area contributed by atoms with Gasteiger partial charge in [0.2, 0.25) is 5.91 Å². The van der Waals surface area contributed by atoms with E-state index in [0.29, 0.717) is 12.5 Å². The molecule has 1 unspecified atom stereocenters. The monoisotopic (exact) mass is 350 g/mol. The lowest BCUT2D eigenvalue weighted by atomic mass is 10.1. The number of amides is 3. The SMILES string of the molecule is CSCC[C@H](N)C(=O)NC(C)c1ccc(NC(=O)NC2CC2)cc1. The van der Waals surface area contributed by atoms with Crippen LogP contribution in [0.3, 0.4) is 0 Å². The highest BCUT2D eigenvalue weighted by Crippen LogP contribution is 2.19. The van der Waals surface area contributed by atoms with E-state index in [1.807, 2.05) is 37.4 Å². The standard InChI is InChI=1S/C17H26N4O2S/c1-11(19-16(22)15(18)9-10-24-2)12-3-5-13(6-4-12)20-17(23)21-14-7-8-14/h3-6,11,14-15H,7-10,18H2,1-2H3,(H,19,22)(H2,20,21,23)/t11?,15-/m0/s1. The Hall–Kier alpha value is -1.73. The first kappa shape index (κ1) is 18.6. The summed E-state index contributed by atoms with van der Waals surface area (Å²) in [6.45, 7) is 1.92. The Morgan fingerprint density at radius 1 is 1.29 bits per heavy atom. The molecule has 1 aromatic rings. The highest BCUT2D eigenvalue weighted by molar-refractivity contribution is 7.98. The molecule has 1 fully saturated rings. The zero-order valence-corrected chi connectivity index (χ0v) is 15.0. The molecule has 1 saturated carbocycles. The number of nitrogens with two attached hydrogens (primary N) is 1. The van der Waals surface area contributed by atoms with E-state index < -0.39 is 6.04 Å². The molecule has 2 rings (SSSR count). The Balaban J connectivity index is 1.82. The van der Waals surface area contributed by atoms with Gasteiger partial charge in [-0.2, -0.15) is 11.8 Å². The quantitative estimate of drug-likeness (QED) is 0.578. The molecule has 3 amide bonds. The second-order valence-electron chi connectivity index (χ2n) is 6.11. The summed E-state index contributed by atoms with van der Waals surface area (Å²) in [6, 6.07) is 6.99. The topological polar surface area (TPSA) is 96.2 Å². The molecular formula is C17H26N4O2S. The van der Waals surface area contributed by atoms with Crippen molar-refractivity contribution in [3.63, 3.8) is 0 Å². The fraction of sp³-hybridized carbons (Fsp3) is 0.529. The molecule has 7 heteroatoms. The molecule has 0 saturated heterocycles. The predicted molar refractivity (Wildman–Crippen MR) is 99.2 cm³/mol. The van der Waals surface area contributed by atoms with Crippen molar-refractivity contribution in [1.82, 2.24) is 10.6 Å². The number of urea groups is 1. The van der Waals surface area contributed by atoms with Gasteiger partial charge in [-0.05, 0) is 55.9 Å². The van der Waals surface area contributed by atoms with Crippen molar-refractivity contribution in [1.29, 1.82) is 0 Å². The maximum absolute atomic E-state index is 12.0. The van der Waals surface area contributed by atoms with Gasteiger partial charge in [-0.3, -0.25) is 4.79 Å². The van der Waals surface area contributed by atoms with E-state index in [2.05, 4.69) is 16.0 Å². The average Bonchev–Trinajstić information content (AvgIpc) is 3.36. The Bertz CT molecular complexity index is 560. The van der Waals surface area contributed by atoms with Crippen LogP contribution in [0, 0.1) is 0 Å². The minimum Gasteiger partial charge on any atom is -0.348 e. The number of carbonyl (C=O) groups excluding carboxylic acids is 2. The summed E-state index contributed by atoms with van der Waals surface area (Å²) < 4.78 is 0. The highest BCUT2D eigenvalue weighted by Gasteiger charge is 2.23. The minimum absolute atomic E-state index is 0.132. The Morgan fingerprint density at radius 3 is 2.54 bits per heavy atom. The van der Waals surface area contributed by atoms with Crippen LogP contribution in [0.5, 0.6) is 0 Å². The molecule has 132 valence electrons. The van der Waals surface area contributed by atoms with Gasteiger partial charge in [0, 0.05) is 11.7 Å². The zero-order chi connectivity index (χ0) is 17.5. The number of nitrogens with one attached hydrogen (secondary N) is 3. The molecule has 0 heterocycles. The molecule has 5 N–H and O–H groups in total. The molecule has 2 atom stereocenters. The first-order chi connectivity index (χ1) is 11.5. The fourth-order valence-electron chi connectivity index (χ4n) is 2.22. The van der Waals surface area contributed by atoms with Gasteiger partial charge in [-0.15, -0.1) is 0 Å². The molecule has 0 aliphatic heterocycles. The number of rotatable bonds is 8. The van der Waals surface area contributed by atoms with Crippen LogP contribution in [-0.4, -0.2) is 36.0 Å². The minimum atomic E-state index is -0.480. The van der Waals surface area contributed by atoms with Gasteiger partial charge in [-0.25, -0.2) is 4.79 Å². The summed E-state index contributed by atoms with van der Waals surface area (Å²) in [4.78, 5) is 23.7. The van der Waals surface area contributed by atoms with E-state index in [0.717, 1.165) is 29.8 Å². The van der Waals surface area contributed by atoms with E-state index in [9.17, 15) is 9.59 Å². The van der Waals surface area contributed by atoms with Crippen LogP contribution in [0.1, 0.15) is 37.8 Å². The lowest BCUT2D eigenvalue weighted by molar-refractivity contribution is -0.123. The lowest BCUT2D eigenvalue weighted by Gasteiger charge is -2.18. The summed E-state index contributed by atoms with van der Waals surface area (Å²) in [5.74, 6) is 0.731. The van der Waals surface area contributed by atoms with Gasteiger partial charge in [0.05, 0.1) is 12.1 Å². The van der Waals surface area contributed by atoms with Gasteiger partial charge in [-0.1, -0.05) is 12.1 Å². The molecule has 0 aromatic heterocycles. The third-order valence-corrected chi connectivity index (χ3v) is 4.55. The second-order valence-corrected chi connectivity index (χ2v) is 7.10. The van der Waals surface area contributed by atoms with Crippen LogP contribution in [-0.2, 0) is 4.79 Å². The van der Waals surface area contributed by atoms with Crippen molar-refractivity contribution < 1.29 is 9.59 Å². The van der Waals surface area contributed by atoms with Crippen LogP contribution in [0.25, 0.3) is 0 Å². The Labute approximate surface area is 147 Å². The van der Waals surface area contributed by atoms with Crippen molar-refractivity contribution >= 4 is 29.4 Å². The van der Waals surface area contributed by atoms with E-state index in [1.54, 1.807) is 11.8 Å². The number of hydrogen-bond donors (Lipinski definition) is 4. The number of hydrogen-bond acceptors (Lipinski definition) is 4. The fourth-order valence-corrected chi connectivity index (χ4v) is 2.70. The summed E-state index contributed by atoms with van der Waals surface area (Å²) in [6.07, 6.45) is 4.78. The summed E-state index contributed by atoms with van der Waals surface area (Å²) in [5, 5.41) is 8.60. The maximum Gasteiger partial charge on any atom is 0.319 e. The summed E-state index contributed by atoms with van der Waals surface area (Å²) in [5.41, 5.74) is 7.57. The lowest BCUT2D eigenvalue weighted by Crippen LogP contribution is -2.41. The first-order valence-electron chi connectivity index (χ1n) is 8.22. The van der Waals surface area contributed by atoms with E-state index >= 15 is 0 Å². The smallest absolute Gasteiger partial charge is 0.319 e.